The van der Waals surface area contributed by atoms with Crippen LogP contribution in [0.3, 0.4) is 0 Å². The lowest BCUT2D eigenvalue weighted by Gasteiger charge is -2.08. The van der Waals surface area contributed by atoms with Crippen LogP contribution in [0.5, 0.6) is 0 Å². The van der Waals surface area contributed by atoms with Crippen LogP contribution in [0.15, 0.2) is 0 Å². The molecule has 1 unspecified atom stereocenters. The van der Waals surface area contributed by atoms with Gasteiger partial charge in [-0.2, -0.15) is 0 Å². The smallest absolute Gasteiger partial charge is 0.104 e. The summed E-state index contributed by atoms with van der Waals surface area (Å²) in [5, 5.41) is 9.47. The highest BCUT2D eigenvalue weighted by molar-refractivity contribution is 4.92. The van der Waals surface area contributed by atoms with Gasteiger partial charge >= 0.3 is 0 Å². The van der Waals surface area contributed by atoms with Gasteiger partial charge in [-0.05, 0) is 25.7 Å². The van der Waals surface area contributed by atoms with Crippen LogP contribution in [0.2, 0.25) is 0 Å². The van der Waals surface area contributed by atoms with E-state index in [1.165, 1.54) is 0 Å². The Bertz CT molecular complexity index is 187. The maximum Gasteiger partial charge on any atom is 0.104 e. The summed E-state index contributed by atoms with van der Waals surface area (Å²) in [4.78, 5) is 0. The van der Waals surface area contributed by atoms with Gasteiger partial charge in [0.15, 0.2) is 0 Å². The first kappa shape index (κ1) is 11.3. The fourth-order valence-corrected chi connectivity index (χ4v) is 1.34. The molecule has 2 fully saturated rings. The summed E-state index contributed by atoms with van der Waals surface area (Å²) < 4.78 is 15.8. The highest BCUT2D eigenvalue weighted by atomic mass is 16.6. The molecule has 88 valence electrons. The third kappa shape index (κ3) is 4.93. The van der Waals surface area contributed by atoms with Gasteiger partial charge in [0.05, 0.1) is 25.4 Å². The lowest BCUT2D eigenvalue weighted by molar-refractivity contribution is 0.0169. The summed E-state index contributed by atoms with van der Waals surface area (Å²) in [6, 6.07) is 0. The normalized spacial score (nSPS) is 26.6. The third-order valence-electron chi connectivity index (χ3n) is 2.73. The lowest BCUT2D eigenvalue weighted by Crippen LogP contribution is -2.16. The summed E-state index contributed by atoms with van der Waals surface area (Å²) in [6.45, 7) is 3.62. The molecule has 0 aromatic heterocycles. The number of rotatable bonds is 9. The van der Waals surface area contributed by atoms with Crippen molar-refractivity contribution in [1.82, 2.24) is 0 Å². The first-order valence-electron chi connectivity index (χ1n) is 5.78. The highest BCUT2D eigenvalue weighted by Crippen LogP contribution is 2.34. The Morgan fingerprint density at radius 2 is 1.87 bits per heavy atom. The van der Waals surface area contributed by atoms with Gasteiger partial charge < -0.3 is 19.3 Å². The average molecular weight is 216 g/mol. The van der Waals surface area contributed by atoms with E-state index in [0.29, 0.717) is 12.7 Å². The van der Waals surface area contributed by atoms with Crippen LogP contribution >= 0.6 is 0 Å². The largest absolute Gasteiger partial charge is 0.387 e. The molecule has 0 spiro atoms. The number of hydrogen-bond donors (Lipinski definition) is 1. The van der Waals surface area contributed by atoms with Crippen molar-refractivity contribution in [2.45, 2.75) is 37.4 Å². The molecule has 2 rings (SSSR count). The van der Waals surface area contributed by atoms with Crippen LogP contribution in [0.1, 0.15) is 25.7 Å². The van der Waals surface area contributed by atoms with E-state index in [4.69, 9.17) is 14.2 Å². The Labute approximate surface area is 90.5 Å². The molecule has 0 radical (unpaired) electrons. The Morgan fingerprint density at radius 1 is 1.20 bits per heavy atom. The maximum absolute atomic E-state index is 9.47. The van der Waals surface area contributed by atoms with Gasteiger partial charge in [-0.15, -0.1) is 0 Å². The first-order valence-corrected chi connectivity index (χ1v) is 5.78. The van der Waals surface area contributed by atoms with Gasteiger partial charge in [0, 0.05) is 13.2 Å². The molecule has 0 amide bonds. The SMILES string of the molecule is OC1(COCCCCOCC2CO2)CC1. The molecular weight excluding hydrogens is 196 g/mol. The molecule has 0 bridgehead atoms. The van der Waals surface area contributed by atoms with Crippen molar-refractivity contribution in [2.75, 3.05) is 33.0 Å². The number of ether oxygens (including phenoxy) is 3. The Hall–Kier alpha value is -0.160. The van der Waals surface area contributed by atoms with Crippen molar-refractivity contribution < 1.29 is 19.3 Å². The second-order valence-corrected chi connectivity index (χ2v) is 4.51. The predicted molar refractivity (Wildman–Crippen MR) is 54.8 cm³/mol. The zero-order valence-corrected chi connectivity index (χ0v) is 9.11. The predicted octanol–water partition coefficient (Wildman–Crippen LogP) is 0.723. The summed E-state index contributed by atoms with van der Waals surface area (Å²) in [6.07, 6.45) is 4.19. The molecule has 1 heterocycles. The van der Waals surface area contributed by atoms with E-state index in [2.05, 4.69) is 0 Å². The van der Waals surface area contributed by atoms with Crippen molar-refractivity contribution in [3.63, 3.8) is 0 Å². The molecule has 4 nitrogen and oxygen atoms in total. The molecular formula is C11H20O4. The Morgan fingerprint density at radius 3 is 2.47 bits per heavy atom. The Balaban J connectivity index is 1.29. The molecule has 1 aliphatic carbocycles. The first-order chi connectivity index (χ1) is 7.29. The average Bonchev–Trinajstić information content (AvgIpc) is 3.09. The summed E-state index contributed by atoms with van der Waals surface area (Å²) >= 11 is 0. The van der Waals surface area contributed by atoms with Crippen LogP contribution in [0.4, 0.5) is 0 Å². The van der Waals surface area contributed by atoms with Crippen LogP contribution in [0, 0.1) is 0 Å². The van der Waals surface area contributed by atoms with Crippen molar-refractivity contribution in [3.05, 3.63) is 0 Å². The lowest BCUT2D eigenvalue weighted by atomic mass is 10.3. The second-order valence-electron chi connectivity index (χ2n) is 4.51. The van der Waals surface area contributed by atoms with Crippen LogP contribution in [-0.2, 0) is 14.2 Å². The van der Waals surface area contributed by atoms with E-state index in [9.17, 15) is 5.11 Å². The topological polar surface area (TPSA) is 51.2 Å². The molecule has 2 aliphatic rings. The van der Waals surface area contributed by atoms with Gasteiger partial charge in [0.1, 0.15) is 6.10 Å². The fraction of sp³-hybridized carbons (Fsp3) is 1.00. The van der Waals surface area contributed by atoms with Crippen molar-refractivity contribution in [2.24, 2.45) is 0 Å². The maximum atomic E-state index is 9.47. The molecule has 1 saturated carbocycles. The van der Waals surface area contributed by atoms with Gasteiger partial charge in [0.2, 0.25) is 0 Å². The van der Waals surface area contributed by atoms with E-state index in [-0.39, 0.29) is 0 Å². The fourth-order valence-electron chi connectivity index (χ4n) is 1.34. The van der Waals surface area contributed by atoms with Gasteiger partial charge in [0.25, 0.3) is 0 Å². The molecule has 0 aromatic carbocycles. The number of aliphatic hydroxyl groups is 1. The molecule has 1 aliphatic heterocycles. The molecule has 1 N–H and O–H groups in total. The van der Waals surface area contributed by atoms with E-state index < -0.39 is 5.60 Å². The van der Waals surface area contributed by atoms with Gasteiger partial charge in [-0.25, -0.2) is 0 Å². The summed E-state index contributed by atoms with van der Waals surface area (Å²) in [5.41, 5.74) is -0.472. The number of unbranched alkanes of at least 4 members (excludes halogenated alkanes) is 1. The van der Waals surface area contributed by atoms with E-state index in [1.54, 1.807) is 0 Å². The standard InChI is InChI=1S/C11H20O4/c12-11(3-4-11)9-14-6-2-1-5-13-7-10-8-15-10/h10,12H,1-9H2. The van der Waals surface area contributed by atoms with Crippen molar-refractivity contribution >= 4 is 0 Å². The minimum Gasteiger partial charge on any atom is -0.387 e. The number of epoxide rings is 1. The van der Waals surface area contributed by atoms with E-state index in [0.717, 1.165) is 52.1 Å². The van der Waals surface area contributed by atoms with Crippen LogP contribution in [-0.4, -0.2) is 49.8 Å². The highest BCUT2D eigenvalue weighted by Gasteiger charge is 2.40. The molecule has 15 heavy (non-hydrogen) atoms. The molecule has 0 aromatic rings. The molecule has 1 saturated heterocycles. The summed E-state index contributed by atoms with van der Waals surface area (Å²) in [5.74, 6) is 0. The van der Waals surface area contributed by atoms with Crippen LogP contribution in [0.25, 0.3) is 0 Å². The summed E-state index contributed by atoms with van der Waals surface area (Å²) in [7, 11) is 0. The van der Waals surface area contributed by atoms with E-state index >= 15 is 0 Å². The van der Waals surface area contributed by atoms with Crippen LogP contribution < -0.4 is 0 Å². The van der Waals surface area contributed by atoms with Gasteiger partial charge in [-0.1, -0.05) is 0 Å². The zero-order valence-electron chi connectivity index (χ0n) is 9.11. The quantitative estimate of drug-likeness (QED) is 0.456. The minimum atomic E-state index is -0.472. The molecule has 4 heteroatoms. The second kappa shape index (κ2) is 5.25. The van der Waals surface area contributed by atoms with Gasteiger partial charge in [-0.3, -0.25) is 0 Å². The third-order valence-corrected chi connectivity index (χ3v) is 2.73. The number of hydrogen-bond acceptors (Lipinski definition) is 4. The van der Waals surface area contributed by atoms with E-state index in [1.807, 2.05) is 0 Å². The molecule has 1 atom stereocenters. The van der Waals surface area contributed by atoms with Crippen molar-refractivity contribution in [3.8, 4) is 0 Å². The zero-order chi connectivity index (χ0) is 10.6. The minimum absolute atomic E-state index is 0.366. The Kier molecular flexibility index (Phi) is 3.97. The van der Waals surface area contributed by atoms with Crippen molar-refractivity contribution in [1.29, 1.82) is 0 Å². The monoisotopic (exact) mass is 216 g/mol.